The zero-order valence-corrected chi connectivity index (χ0v) is 7.35. The van der Waals surface area contributed by atoms with E-state index in [1.165, 1.54) is 12.1 Å². The number of pyridine rings is 1. The molecule has 0 atom stereocenters. The normalized spacial score (nSPS) is 10.6. The van der Waals surface area contributed by atoms with Gasteiger partial charge in [-0.2, -0.15) is 0 Å². The van der Waals surface area contributed by atoms with Crippen LogP contribution >= 0.6 is 11.6 Å². The molecule has 0 saturated carbocycles. The predicted molar refractivity (Wildman–Crippen MR) is 51.1 cm³/mol. The van der Waals surface area contributed by atoms with Crippen LogP contribution in [0.3, 0.4) is 0 Å². The van der Waals surface area contributed by atoms with Crippen LogP contribution < -0.4 is 5.73 Å². The summed E-state index contributed by atoms with van der Waals surface area (Å²) in [6, 6.07) is 6.02. The number of hydrogen-bond donors (Lipinski definition) is 1. The second-order valence-electron chi connectivity index (χ2n) is 2.66. The molecule has 0 spiro atoms. The molecule has 2 N–H and O–H groups in total. The SMILES string of the molecule is Nc1ccc2c(Cl)ccc(F)c2n1. The molecule has 1 aromatic carbocycles. The average molecular weight is 197 g/mol. The van der Waals surface area contributed by atoms with Gasteiger partial charge < -0.3 is 5.73 Å². The molecular weight excluding hydrogens is 191 g/mol. The van der Waals surface area contributed by atoms with Crippen molar-refractivity contribution in [1.82, 2.24) is 4.98 Å². The summed E-state index contributed by atoms with van der Waals surface area (Å²) in [7, 11) is 0. The van der Waals surface area contributed by atoms with Gasteiger partial charge >= 0.3 is 0 Å². The Bertz CT molecular complexity index is 470. The maximum absolute atomic E-state index is 13.2. The highest BCUT2D eigenvalue weighted by atomic mass is 35.5. The Morgan fingerprint density at radius 3 is 2.77 bits per heavy atom. The summed E-state index contributed by atoms with van der Waals surface area (Å²) in [5.74, 6) is -0.125. The molecule has 2 nitrogen and oxygen atoms in total. The van der Waals surface area contributed by atoms with Crippen molar-refractivity contribution < 1.29 is 4.39 Å². The molecule has 0 unspecified atom stereocenters. The molecule has 1 heterocycles. The van der Waals surface area contributed by atoms with E-state index >= 15 is 0 Å². The van der Waals surface area contributed by atoms with Gasteiger partial charge in [-0.05, 0) is 24.3 Å². The lowest BCUT2D eigenvalue weighted by molar-refractivity contribution is 0.637. The van der Waals surface area contributed by atoms with E-state index in [-0.39, 0.29) is 11.3 Å². The second kappa shape index (κ2) is 2.85. The summed E-state index contributed by atoms with van der Waals surface area (Å²) in [6.45, 7) is 0. The molecule has 0 bridgehead atoms. The van der Waals surface area contributed by atoms with E-state index in [0.29, 0.717) is 10.4 Å². The first-order valence-electron chi connectivity index (χ1n) is 3.69. The van der Waals surface area contributed by atoms with Crippen molar-refractivity contribution in [2.45, 2.75) is 0 Å². The van der Waals surface area contributed by atoms with Crippen molar-refractivity contribution in [1.29, 1.82) is 0 Å². The summed E-state index contributed by atoms with van der Waals surface area (Å²) in [5, 5.41) is 1.06. The number of nitrogen functional groups attached to an aromatic ring is 1. The molecule has 66 valence electrons. The van der Waals surface area contributed by atoms with Gasteiger partial charge in [-0.3, -0.25) is 0 Å². The van der Waals surface area contributed by atoms with Crippen LogP contribution in [0.25, 0.3) is 10.9 Å². The van der Waals surface area contributed by atoms with Gasteiger partial charge in [0.1, 0.15) is 17.2 Å². The van der Waals surface area contributed by atoms with Crippen molar-refractivity contribution >= 4 is 28.3 Å². The summed E-state index contributed by atoms with van der Waals surface area (Å²) in [5.41, 5.74) is 5.64. The Hall–Kier alpha value is -1.35. The molecule has 1 aromatic heterocycles. The van der Waals surface area contributed by atoms with Crippen LogP contribution in [-0.2, 0) is 0 Å². The van der Waals surface area contributed by atoms with Crippen LogP contribution in [0.15, 0.2) is 24.3 Å². The van der Waals surface area contributed by atoms with Crippen LogP contribution in [-0.4, -0.2) is 4.98 Å². The number of rotatable bonds is 0. The number of fused-ring (bicyclic) bond motifs is 1. The molecule has 0 aliphatic heterocycles. The predicted octanol–water partition coefficient (Wildman–Crippen LogP) is 2.61. The van der Waals surface area contributed by atoms with Crippen molar-refractivity contribution in [3.63, 3.8) is 0 Å². The largest absolute Gasteiger partial charge is 0.384 e. The quantitative estimate of drug-likeness (QED) is 0.704. The lowest BCUT2D eigenvalue weighted by Crippen LogP contribution is -1.92. The molecule has 0 saturated heterocycles. The fourth-order valence-corrected chi connectivity index (χ4v) is 1.38. The van der Waals surface area contributed by atoms with Gasteiger partial charge in [0.2, 0.25) is 0 Å². The van der Waals surface area contributed by atoms with E-state index in [0.717, 1.165) is 0 Å². The van der Waals surface area contributed by atoms with Gasteiger partial charge in [0, 0.05) is 5.39 Å². The standard InChI is InChI=1S/C9H6ClFN2/c10-6-2-3-7(11)9-5(6)1-4-8(12)13-9/h1-4H,(H2,12,13). The van der Waals surface area contributed by atoms with Crippen LogP contribution in [0.4, 0.5) is 10.2 Å². The van der Waals surface area contributed by atoms with E-state index in [1.807, 2.05) is 0 Å². The first-order valence-corrected chi connectivity index (χ1v) is 4.06. The number of benzene rings is 1. The minimum atomic E-state index is -0.410. The highest BCUT2D eigenvalue weighted by molar-refractivity contribution is 6.35. The number of anilines is 1. The fourth-order valence-electron chi connectivity index (χ4n) is 1.16. The number of aromatic nitrogens is 1. The Kier molecular flexibility index (Phi) is 1.81. The van der Waals surface area contributed by atoms with Gasteiger partial charge in [-0.1, -0.05) is 11.6 Å². The van der Waals surface area contributed by atoms with Gasteiger partial charge in [0.15, 0.2) is 0 Å². The lowest BCUT2D eigenvalue weighted by atomic mass is 10.2. The third kappa shape index (κ3) is 1.31. The minimum absolute atomic E-state index is 0.215. The van der Waals surface area contributed by atoms with Crippen LogP contribution in [0.5, 0.6) is 0 Å². The van der Waals surface area contributed by atoms with Gasteiger partial charge in [0.25, 0.3) is 0 Å². The fraction of sp³-hybridized carbons (Fsp3) is 0. The van der Waals surface area contributed by atoms with E-state index in [4.69, 9.17) is 17.3 Å². The Morgan fingerprint density at radius 1 is 1.23 bits per heavy atom. The molecule has 0 radical (unpaired) electrons. The summed E-state index contributed by atoms with van der Waals surface area (Å²) in [6.07, 6.45) is 0. The number of nitrogens with two attached hydrogens (primary N) is 1. The molecule has 0 amide bonds. The Morgan fingerprint density at radius 2 is 2.00 bits per heavy atom. The summed E-state index contributed by atoms with van der Waals surface area (Å²) in [4.78, 5) is 3.85. The van der Waals surface area contributed by atoms with Crippen molar-refractivity contribution in [3.05, 3.63) is 35.1 Å². The van der Waals surface area contributed by atoms with Gasteiger partial charge in [-0.25, -0.2) is 9.37 Å². The highest BCUT2D eigenvalue weighted by Gasteiger charge is 2.05. The maximum atomic E-state index is 13.2. The molecule has 0 fully saturated rings. The van der Waals surface area contributed by atoms with E-state index in [9.17, 15) is 4.39 Å². The summed E-state index contributed by atoms with van der Waals surface area (Å²) >= 11 is 5.83. The molecule has 13 heavy (non-hydrogen) atoms. The van der Waals surface area contributed by atoms with Crippen LogP contribution in [0.2, 0.25) is 5.02 Å². The highest BCUT2D eigenvalue weighted by Crippen LogP contribution is 2.24. The monoisotopic (exact) mass is 196 g/mol. The topological polar surface area (TPSA) is 38.9 Å². The molecule has 2 rings (SSSR count). The van der Waals surface area contributed by atoms with Crippen LogP contribution in [0.1, 0.15) is 0 Å². The number of halogens is 2. The maximum Gasteiger partial charge on any atom is 0.149 e. The number of nitrogens with zero attached hydrogens (tertiary/aromatic N) is 1. The second-order valence-corrected chi connectivity index (χ2v) is 3.07. The average Bonchev–Trinajstić information content (AvgIpc) is 2.12. The first kappa shape index (κ1) is 8.26. The third-order valence-electron chi connectivity index (χ3n) is 1.78. The van der Waals surface area contributed by atoms with Gasteiger partial charge in [-0.15, -0.1) is 0 Å². The molecular formula is C9H6ClFN2. The van der Waals surface area contributed by atoms with Gasteiger partial charge in [0.05, 0.1) is 5.02 Å². The zero-order chi connectivity index (χ0) is 9.42. The molecule has 4 heteroatoms. The summed E-state index contributed by atoms with van der Waals surface area (Å²) < 4.78 is 13.2. The minimum Gasteiger partial charge on any atom is -0.384 e. The van der Waals surface area contributed by atoms with E-state index in [1.54, 1.807) is 12.1 Å². The van der Waals surface area contributed by atoms with Crippen molar-refractivity contribution in [2.24, 2.45) is 0 Å². The van der Waals surface area contributed by atoms with E-state index < -0.39 is 5.82 Å². The van der Waals surface area contributed by atoms with Crippen molar-refractivity contribution in [2.75, 3.05) is 5.73 Å². The first-order chi connectivity index (χ1) is 6.18. The molecule has 0 aliphatic carbocycles. The smallest absolute Gasteiger partial charge is 0.149 e. The zero-order valence-electron chi connectivity index (χ0n) is 6.59. The number of hydrogen-bond acceptors (Lipinski definition) is 2. The van der Waals surface area contributed by atoms with Crippen LogP contribution in [0, 0.1) is 5.82 Å². The Balaban J connectivity index is 2.92. The molecule has 2 aromatic rings. The lowest BCUT2D eigenvalue weighted by Gasteiger charge is -2.01. The van der Waals surface area contributed by atoms with E-state index in [2.05, 4.69) is 4.98 Å². The van der Waals surface area contributed by atoms with Crippen molar-refractivity contribution in [3.8, 4) is 0 Å². The Labute approximate surface area is 79.1 Å². The molecule has 0 aliphatic rings. The third-order valence-corrected chi connectivity index (χ3v) is 2.11.